The number of nitrogens with one attached hydrogen (secondary N) is 1. The average Bonchev–Trinajstić information content (AvgIpc) is 2.71. The third kappa shape index (κ3) is 2.76. The summed E-state index contributed by atoms with van der Waals surface area (Å²) in [6.45, 7) is 7.06. The fourth-order valence-electron chi connectivity index (χ4n) is 2.22. The lowest BCUT2D eigenvalue weighted by Crippen LogP contribution is -2.23. The molecule has 0 aliphatic rings. The van der Waals surface area contributed by atoms with Gasteiger partial charge in [0.25, 0.3) is 0 Å². The van der Waals surface area contributed by atoms with Crippen molar-refractivity contribution in [3.63, 3.8) is 0 Å². The molecule has 2 aromatic heterocycles. The molecule has 0 aliphatic carbocycles. The molecule has 2 heterocycles. The quantitative estimate of drug-likeness (QED) is 0.896. The van der Waals surface area contributed by atoms with Gasteiger partial charge in [-0.15, -0.1) is 0 Å². The van der Waals surface area contributed by atoms with Crippen molar-refractivity contribution in [2.45, 2.75) is 26.8 Å². The van der Waals surface area contributed by atoms with E-state index in [0.29, 0.717) is 0 Å². The van der Waals surface area contributed by atoms with E-state index in [9.17, 15) is 0 Å². The molecular formula is C14H20N4. The molecule has 0 spiro atoms. The average molecular weight is 244 g/mol. The van der Waals surface area contributed by atoms with E-state index in [-0.39, 0.29) is 6.04 Å². The van der Waals surface area contributed by atoms with E-state index in [1.165, 1.54) is 5.56 Å². The number of nitrogens with zero attached hydrogens (tertiary/aromatic N) is 3. The van der Waals surface area contributed by atoms with E-state index < -0.39 is 0 Å². The molecule has 2 aromatic rings. The van der Waals surface area contributed by atoms with Gasteiger partial charge in [-0.25, -0.2) is 0 Å². The topological polar surface area (TPSA) is 42.7 Å². The lowest BCUT2D eigenvalue weighted by molar-refractivity contribution is 0.598. The molecule has 0 fully saturated rings. The minimum absolute atomic E-state index is 0.136. The van der Waals surface area contributed by atoms with Crippen molar-refractivity contribution < 1.29 is 0 Å². The Morgan fingerprint density at radius 3 is 2.44 bits per heavy atom. The minimum Gasteiger partial charge on any atom is -0.305 e. The molecule has 0 aromatic carbocycles. The number of aryl methyl sites for hydroxylation is 3. The van der Waals surface area contributed by atoms with Gasteiger partial charge in [-0.2, -0.15) is 5.10 Å². The summed E-state index contributed by atoms with van der Waals surface area (Å²) in [5.74, 6) is 0. The Kier molecular flexibility index (Phi) is 3.77. The molecule has 0 radical (unpaired) electrons. The van der Waals surface area contributed by atoms with E-state index in [1.54, 1.807) is 0 Å². The number of hydrogen-bond acceptors (Lipinski definition) is 3. The monoisotopic (exact) mass is 244 g/mol. The van der Waals surface area contributed by atoms with Crippen molar-refractivity contribution >= 4 is 0 Å². The second-order valence-electron chi connectivity index (χ2n) is 4.59. The first kappa shape index (κ1) is 12.8. The summed E-state index contributed by atoms with van der Waals surface area (Å²) >= 11 is 0. The van der Waals surface area contributed by atoms with Gasteiger partial charge in [0, 0.05) is 24.6 Å². The number of pyridine rings is 1. The van der Waals surface area contributed by atoms with E-state index in [1.807, 2.05) is 31.8 Å². The molecule has 0 saturated carbocycles. The third-order valence-corrected chi connectivity index (χ3v) is 2.88. The summed E-state index contributed by atoms with van der Waals surface area (Å²) in [5.41, 5.74) is 4.36. The van der Waals surface area contributed by atoms with E-state index >= 15 is 0 Å². The Balaban J connectivity index is 2.40. The SMILES string of the molecule is CCNC(c1cc(C)nc(C)c1)c1ccn(C)n1. The predicted octanol–water partition coefficient (Wildman–Crippen LogP) is 2.13. The fraction of sp³-hybridized carbons (Fsp3) is 0.429. The van der Waals surface area contributed by atoms with Crippen molar-refractivity contribution in [3.05, 3.63) is 47.0 Å². The van der Waals surface area contributed by atoms with Crippen LogP contribution >= 0.6 is 0 Å². The van der Waals surface area contributed by atoms with Crippen molar-refractivity contribution in [1.82, 2.24) is 20.1 Å². The van der Waals surface area contributed by atoms with Gasteiger partial charge >= 0.3 is 0 Å². The first-order chi connectivity index (χ1) is 8.60. The van der Waals surface area contributed by atoms with Crippen LogP contribution in [0.15, 0.2) is 24.4 Å². The molecule has 2 rings (SSSR count). The second-order valence-corrected chi connectivity index (χ2v) is 4.59. The van der Waals surface area contributed by atoms with Crippen molar-refractivity contribution in [2.24, 2.45) is 7.05 Å². The van der Waals surface area contributed by atoms with Crippen molar-refractivity contribution in [2.75, 3.05) is 6.54 Å². The molecule has 1 atom stereocenters. The molecule has 1 N–H and O–H groups in total. The Hall–Kier alpha value is -1.68. The van der Waals surface area contributed by atoms with Crippen LogP contribution in [0.25, 0.3) is 0 Å². The van der Waals surface area contributed by atoms with Gasteiger partial charge < -0.3 is 5.32 Å². The summed E-state index contributed by atoms with van der Waals surface area (Å²) in [6.07, 6.45) is 1.97. The molecule has 18 heavy (non-hydrogen) atoms. The van der Waals surface area contributed by atoms with Crippen LogP contribution in [0.5, 0.6) is 0 Å². The first-order valence-corrected chi connectivity index (χ1v) is 6.28. The van der Waals surface area contributed by atoms with Gasteiger partial charge in [0.2, 0.25) is 0 Å². The Morgan fingerprint density at radius 1 is 1.28 bits per heavy atom. The van der Waals surface area contributed by atoms with E-state index in [4.69, 9.17) is 0 Å². The molecule has 0 aliphatic heterocycles. The van der Waals surface area contributed by atoms with E-state index in [0.717, 1.165) is 23.6 Å². The Bertz CT molecular complexity index is 510. The van der Waals surface area contributed by atoms with Gasteiger partial charge in [-0.1, -0.05) is 6.92 Å². The summed E-state index contributed by atoms with van der Waals surface area (Å²) in [6, 6.07) is 6.43. The molecule has 0 amide bonds. The maximum atomic E-state index is 4.50. The van der Waals surface area contributed by atoms with Gasteiger partial charge in [0.05, 0.1) is 11.7 Å². The Labute approximate surface area is 108 Å². The molecule has 1 unspecified atom stereocenters. The molecular weight excluding hydrogens is 224 g/mol. The largest absolute Gasteiger partial charge is 0.305 e. The molecule has 96 valence electrons. The second kappa shape index (κ2) is 5.31. The highest BCUT2D eigenvalue weighted by molar-refractivity contribution is 5.29. The van der Waals surface area contributed by atoms with Gasteiger partial charge in [0.1, 0.15) is 0 Å². The number of rotatable bonds is 4. The van der Waals surface area contributed by atoms with Crippen LogP contribution in [0.1, 0.15) is 35.6 Å². The van der Waals surface area contributed by atoms with Crippen LogP contribution in [0, 0.1) is 13.8 Å². The summed E-state index contributed by atoms with van der Waals surface area (Å²) in [5, 5.41) is 7.98. The third-order valence-electron chi connectivity index (χ3n) is 2.88. The standard InChI is InChI=1S/C14H20N4/c1-5-15-14(13-6-7-18(4)17-13)12-8-10(2)16-11(3)9-12/h6-9,14-15H,5H2,1-4H3. The maximum Gasteiger partial charge on any atom is 0.0839 e. The molecule has 4 heteroatoms. The smallest absolute Gasteiger partial charge is 0.0839 e. The lowest BCUT2D eigenvalue weighted by Gasteiger charge is -2.17. The van der Waals surface area contributed by atoms with Crippen LogP contribution in [0.4, 0.5) is 0 Å². The lowest BCUT2D eigenvalue weighted by atomic mass is 10.0. The van der Waals surface area contributed by atoms with Crippen LogP contribution in [-0.2, 0) is 7.05 Å². The van der Waals surface area contributed by atoms with Crippen LogP contribution in [-0.4, -0.2) is 21.3 Å². The highest BCUT2D eigenvalue weighted by Crippen LogP contribution is 2.21. The summed E-state index contributed by atoms with van der Waals surface area (Å²) in [7, 11) is 1.94. The van der Waals surface area contributed by atoms with Crippen LogP contribution in [0.2, 0.25) is 0 Å². The number of aromatic nitrogens is 3. The van der Waals surface area contributed by atoms with Crippen molar-refractivity contribution in [1.29, 1.82) is 0 Å². The fourth-order valence-corrected chi connectivity index (χ4v) is 2.22. The zero-order chi connectivity index (χ0) is 13.1. The molecule has 4 nitrogen and oxygen atoms in total. The van der Waals surface area contributed by atoms with Crippen molar-refractivity contribution in [3.8, 4) is 0 Å². The highest BCUT2D eigenvalue weighted by atomic mass is 15.3. The molecule has 0 bridgehead atoms. The highest BCUT2D eigenvalue weighted by Gasteiger charge is 2.16. The minimum atomic E-state index is 0.136. The zero-order valence-electron chi connectivity index (χ0n) is 11.4. The van der Waals surface area contributed by atoms with Gasteiger partial charge in [0.15, 0.2) is 0 Å². The maximum absolute atomic E-state index is 4.50. The normalized spacial score (nSPS) is 12.7. The summed E-state index contributed by atoms with van der Waals surface area (Å²) < 4.78 is 1.83. The molecule has 0 saturated heterocycles. The van der Waals surface area contributed by atoms with E-state index in [2.05, 4.69) is 40.5 Å². The van der Waals surface area contributed by atoms with Gasteiger partial charge in [-0.3, -0.25) is 9.67 Å². The predicted molar refractivity (Wildman–Crippen MR) is 72.4 cm³/mol. The first-order valence-electron chi connectivity index (χ1n) is 6.28. The zero-order valence-corrected chi connectivity index (χ0v) is 11.4. The Morgan fingerprint density at radius 2 is 1.94 bits per heavy atom. The van der Waals surface area contributed by atoms with Crippen LogP contribution < -0.4 is 5.32 Å². The van der Waals surface area contributed by atoms with Crippen LogP contribution in [0.3, 0.4) is 0 Å². The number of hydrogen-bond donors (Lipinski definition) is 1. The summed E-state index contributed by atoms with van der Waals surface area (Å²) in [4.78, 5) is 4.42. The van der Waals surface area contributed by atoms with Gasteiger partial charge in [-0.05, 0) is 44.2 Å².